The fourth-order valence-corrected chi connectivity index (χ4v) is 4.53. The van der Waals surface area contributed by atoms with E-state index in [0.717, 1.165) is 44.0 Å². The van der Waals surface area contributed by atoms with Gasteiger partial charge in [-0.25, -0.2) is 4.98 Å². The number of amides is 1. The number of fused-ring (bicyclic) bond motifs is 1. The zero-order valence-corrected chi connectivity index (χ0v) is 17.0. The average molecular weight is 399 g/mol. The van der Waals surface area contributed by atoms with Crippen LogP contribution in [0.2, 0.25) is 0 Å². The summed E-state index contributed by atoms with van der Waals surface area (Å²) in [5, 5.41) is 6.67. The van der Waals surface area contributed by atoms with Crippen molar-refractivity contribution in [1.29, 1.82) is 0 Å². The van der Waals surface area contributed by atoms with Crippen molar-refractivity contribution in [3.8, 4) is 0 Å². The minimum atomic E-state index is -0.106. The zero-order chi connectivity index (χ0) is 20.3. The van der Waals surface area contributed by atoms with Crippen LogP contribution >= 0.6 is 0 Å². The van der Waals surface area contributed by atoms with Crippen molar-refractivity contribution in [2.24, 2.45) is 0 Å². The average Bonchev–Trinajstić information content (AvgIpc) is 3.28. The summed E-state index contributed by atoms with van der Waals surface area (Å²) < 4.78 is 0. The number of pyridine rings is 1. The predicted octanol–water partition coefficient (Wildman–Crippen LogP) is 3.97. The first-order chi connectivity index (χ1) is 14.8. The van der Waals surface area contributed by atoms with Crippen molar-refractivity contribution in [1.82, 2.24) is 10.3 Å². The van der Waals surface area contributed by atoms with Crippen LogP contribution in [0.25, 0.3) is 0 Å². The number of hydrogen-bond donors (Lipinski definition) is 2. The first-order valence-electron chi connectivity index (χ1n) is 10.7. The van der Waals surface area contributed by atoms with Gasteiger partial charge in [0, 0.05) is 37.6 Å². The summed E-state index contributed by atoms with van der Waals surface area (Å²) in [4.78, 5) is 19.9. The van der Waals surface area contributed by atoms with Gasteiger partial charge in [-0.2, -0.15) is 0 Å². The summed E-state index contributed by atoms with van der Waals surface area (Å²) in [6.45, 7) is 2.45. The van der Waals surface area contributed by atoms with Crippen molar-refractivity contribution in [3.63, 3.8) is 0 Å². The number of nitrogens with zero attached hydrogens (tertiary/aromatic N) is 2. The third kappa shape index (κ3) is 3.81. The smallest absolute Gasteiger partial charge is 0.259 e. The van der Waals surface area contributed by atoms with Gasteiger partial charge in [0.05, 0.1) is 5.56 Å². The Morgan fingerprint density at radius 3 is 2.80 bits per heavy atom. The predicted molar refractivity (Wildman–Crippen MR) is 120 cm³/mol. The summed E-state index contributed by atoms with van der Waals surface area (Å²) in [5.74, 6) is 0.643. The maximum absolute atomic E-state index is 13.1. The maximum atomic E-state index is 13.1. The summed E-state index contributed by atoms with van der Waals surface area (Å²) in [7, 11) is 0. The number of carbonyl (C=O) groups excluding carboxylic acids is 1. The molecule has 0 bridgehead atoms. The van der Waals surface area contributed by atoms with Gasteiger partial charge in [0.25, 0.3) is 5.91 Å². The third-order valence-electron chi connectivity index (χ3n) is 6.06. The van der Waals surface area contributed by atoms with Crippen LogP contribution in [-0.2, 0) is 12.8 Å². The van der Waals surface area contributed by atoms with Crippen LogP contribution in [0.4, 0.5) is 11.5 Å². The minimum absolute atomic E-state index is 0.106. The summed E-state index contributed by atoms with van der Waals surface area (Å²) in [6, 6.07) is 20.6. The largest absolute Gasteiger partial charge is 0.353 e. The lowest BCUT2D eigenvalue weighted by Crippen LogP contribution is -2.46. The van der Waals surface area contributed by atoms with Crippen LogP contribution in [-0.4, -0.2) is 30.5 Å². The van der Waals surface area contributed by atoms with Gasteiger partial charge in [0.15, 0.2) is 0 Å². The molecule has 1 atom stereocenters. The van der Waals surface area contributed by atoms with E-state index < -0.39 is 0 Å². The fraction of sp³-hybridized carbons (Fsp3) is 0.280. The number of aromatic nitrogens is 1. The highest BCUT2D eigenvalue weighted by Gasteiger charge is 2.25. The van der Waals surface area contributed by atoms with Gasteiger partial charge in [-0.05, 0) is 60.2 Å². The van der Waals surface area contributed by atoms with E-state index >= 15 is 0 Å². The molecule has 1 fully saturated rings. The van der Waals surface area contributed by atoms with E-state index in [1.165, 1.54) is 23.1 Å². The van der Waals surface area contributed by atoms with E-state index in [1.54, 1.807) is 6.20 Å². The molecular formula is C25H26N4O. The Balaban J connectivity index is 1.36. The SMILES string of the molecule is O=C(Nc1ccc2c(c1)CCC2)c1cccnc1N1CCNC(c2ccccc2)C1. The lowest BCUT2D eigenvalue weighted by molar-refractivity contribution is 0.102. The van der Waals surface area contributed by atoms with Gasteiger partial charge in [0.1, 0.15) is 5.82 Å². The second-order valence-electron chi connectivity index (χ2n) is 8.03. The highest BCUT2D eigenvalue weighted by molar-refractivity contribution is 6.07. The van der Waals surface area contributed by atoms with Crippen molar-refractivity contribution in [3.05, 3.63) is 89.1 Å². The van der Waals surface area contributed by atoms with Crippen LogP contribution in [0.5, 0.6) is 0 Å². The molecule has 152 valence electrons. The molecule has 0 spiro atoms. The molecule has 5 rings (SSSR count). The van der Waals surface area contributed by atoms with Gasteiger partial charge in [-0.3, -0.25) is 4.79 Å². The van der Waals surface area contributed by atoms with Gasteiger partial charge in [-0.15, -0.1) is 0 Å². The summed E-state index contributed by atoms with van der Waals surface area (Å²) in [5.41, 5.74) is 5.49. The Bertz CT molecular complexity index is 1050. The number of hydrogen-bond acceptors (Lipinski definition) is 4. The Hall–Kier alpha value is -3.18. The molecule has 2 aliphatic rings. The molecule has 2 heterocycles. The second kappa shape index (κ2) is 8.28. The van der Waals surface area contributed by atoms with E-state index in [1.807, 2.05) is 24.3 Å². The molecule has 3 aromatic rings. The molecule has 1 aromatic heterocycles. The van der Waals surface area contributed by atoms with Crippen molar-refractivity contribution >= 4 is 17.4 Å². The maximum Gasteiger partial charge on any atom is 0.259 e. The second-order valence-corrected chi connectivity index (χ2v) is 8.03. The van der Waals surface area contributed by atoms with Gasteiger partial charge >= 0.3 is 0 Å². The lowest BCUT2D eigenvalue weighted by atomic mass is 10.0. The monoisotopic (exact) mass is 398 g/mol. The molecule has 1 aliphatic heterocycles. The van der Waals surface area contributed by atoms with Crippen molar-refractivity contribution in [2.75, 3.05) is 29.9 Å². The number of piperazine rings is 1. The highest BCUT2D eigenvalue weighted by Crippen LogP contribution is 2.27. The van der Waals surface area contributed by atoms with E-state index in [2.05, 4.69) is 56.9 Å². The number of carbonyl (C=O) groups is 1. The molecule has 5 heteroatoms. The number of benzene rings is 2. The Morgan fingerprint density at radius 1 is 1.03 bits per heavy atom. The molecule has 30 heavy (non-hydrogen) atoms. The van der Waals surface area contributed by atoms with Crippen LogP contribution in [0.15, 0.2) is 66.9 Å². The van der Waals surface area contributed by atoms with Gasteiger partial charge in [-0.1, -0.05) is 36.4 Å². The molecule has 2 aromatic carbocycles. The topological polar surface area (TPSA) is 57.3 Å². The molecule has 1 saturated heterocycles. The summed E-state index contributed by atoms with van der Waals surface area (Å²) >= 11 is 0. The van der Waals surface area contributed by atoms with Gasteiger partial charge in [0.2, 0.25) is 0 Å². The number of rotatable bonds is 4. The first kappa shape index (κ1) is 18.8. The Morgan fingerprint density at radius 2 is 1.90 bits per heavy atom. The van der Waals surface area contributed by atoms with E-state index in [0.29, 0.717) is 5.56 Å². The van der Waals surface area contributed by atoms with E-state index in [-0.39, 0.29) is 11.9 Å². The van der Waals surface area contributed by atoms with Crippen LogP contribution < -0.4 is 15.5 Å². The molecule has 1 aliphatic carbocycles. The quantitative estimate of drug-likeness (QED) is 0.698. The molecule has 1 amide bonds. The number of aryl methyl sites for hydroxylation is 2. The fourth-order valence-electron chi connectivity index (χ4n) is 4.53. The zero-order valence-electron chi connectivity index (χ0n) is 17.0. The Labute approximate surface area is 177 Å². The highest BCUT2D eigenvalue weighted by atomic mass is 16.1. The molecule has 0 radical (unpaired) electrons. The molecular weight excluding hydrogens is 372 g/mol. The molecule has 0 saturated carbocycles. The van der Waals surface area contributed by atoms with E-state index in [4.69, 9.17) is 0 Å². The lowest BCUT2D eigenvalue weighted by Gasteiger charge is -2.35. The normalized spacial score (nSPS) is 18.1. The standard InChI is InChI=1S/C25H26N4O/c30-25(28-21-12-11-18-8-4-9-20(18)16-21)22-10-5-13-27-24(22)29-15-14-26-23(17-29)19-6-2-1-3-7-19/h1-3,5-7,10-13,16,23,26H,4,8-9,14-15,17H2,(H,28,30). The number of anilines is 2. The van der Waals surface area contributed by atoms with Crippen LogP contribution in [0.1, 0.15) is 39.5 Å². The molecule has 2 N–H and O–H groups in total. The van der Waals surface area contributed by atoms with Crippen molar-refractivity contribution in [2.45, 2.75) is 25.3 Å². The van der Waals surface area contributed by atoms with Gasteiger partial charge < -0.3 is 15.5 Å². The minimum Gasteiger partial charge on any atom is -0.353 e. The third-order valence-corrected chi connectivity index (χ3v) is 6.06. The first-order valence-corrected chi connectivity index (χ1v) is 10.7. The molecule has 5 nitrogen and oxygen atoms in total. The Kier molecular flexibility index (Phi) is 5.20. The van der Waals surface area contributed by atoms with Crippen molar-refractivity contribution < 1.29 is 4.79 Å². The molecule has 1 unspecified atom stereocenters. The van der Waals surface area contributed by atoms with Crippen LogP contribution in [0, 0.1) is 0 Å². The summed E-state index contributed by atoms with van der Waals surface area (Å²) in [6.07, 6.45) is 5.20. The van der Waals surface area contributed by atoms with E-state index in [9.17, 15) is 4.79 Å². The van der Waals surface area contributed by atoms with Crippen LogP contribution in [0.3, 0.4) is 0 Å². The number of nitrogens with one attached hydrogen (secondary N) is 2.